The number of allylic oxidation sites excluding steroid dienone is 1. The molecule has 1 aliphatic carbocycles. The monoisotopic (exact) mass is 468 g/mol. The lowest BCUT2D eigenvalue weighted by molar-refractivity contribution is -0.147. The molecule has 0 aromatic heterocycles. The van der Waals surface area contributed by atoms with Gasteiger partial charge in [-0.05, 0) is 50.8 Å². The van der Waals surface area contributed by atoms with Crippen molar-refractivity contribution in [1.82, 2.24) is 0 Å². The van der Waals surface area contributed by atoms with Crippen molar-refractivity contribution in [2.75, 3.05) is 6.61 Å². The Kier molecular flexibility index (Phi) is 10.5. The number of carbonyl (C=O) groups is 1. The summed E-state index contributed by atoms with van der Waals surface area (Å²) in [5, 5.41) is 30.8. The minimum absolute atomic E-state index is 0.0449. The molecule has 2 rings (SSSR count). The molecule has 1 saturated carbocycles. The van der Waals surface area contributed by atoms with Gasteiger partial charge in [-0.15, -0.1) is 0 Å². The molecule has 1 fully saturated rings. The van der Waals surface area contributed by atoms with E-state index in [-0.39, 0.29) is 31.3 Å². The number of carbonyl (C=O) groups excluding carboxylic acids is 1. The lowest BCUT2D eigenvalue weighted by Crippen LogP contribution is -2.27. The zero-order valence-corrected chi connectivity index (χ0v) is 19.0. The largest absolute Gasteiger partial charge is 0.487 e. The quantitative estimate of drug-likeness (QED) is 0.320. The summed E-state index contributed by atoms with van der Waals surface area (Å²) in [7, 11) is 0. The number of hydrogen-bond donors (Lipinski definition) is 3. The number of benzene rings is 1. The van der Waals surface area contributed by atoms with Crippen molar-refractivity contribution < 1.29 is 38.4 Å². The third kappa shape index (κ3) is 9.61. The van der Waals surface area contributed by atoms with Crippen molar-refractivity contribution in [3.8, 4) is 5.75 Å². The molecule has 1 aromatic carbocycles. The Morgan fingerprint density at radius 2 is 1.91 bits per heavy atom. The highest BCUT2D eigenvalue weighted by Gasteiger charge is 2.41. The number of hydrogen-bond acceptors (Lipinski definition) is 6. The molecule has 5 atom stereocenters. The molecule has 6 nitrogen and oxygen atoms in total. The Labute approximate surface area is 193 Å². The van der Waals surface area contributed by atoms with E-state index in [1.54, 1.807) is 50.3 Å². The van der Waals surface area contributed by atoms with Crippen molar-refractivity contribution in [3.05, 3.63) is 54.6 Å². The Bertz CT molecular complexity index is 780. The van der Waals surface area contributed by atoms with E-state index >= 15 is 0 Å². The van der Waals surface area contributed by atoms with E-state index in [0.29, 0.717) is 18.2 Å². The molecular formula is C25H34F2O6. The Morgan fingerprint density at radius 3 is 2.58 bits per heavy atom. The molecule has 0 aliphatic heterocycles. The molecule has 0 amide bonds. The van der Waals surface area contributed by atoms with Gasteiger partial charge >= 0.3 is 5.97 Å². The minimum Gasteiger partial charge on any atom is -0.487 e. The molecule has 33 heavy (non-hydrogen) atoms. The first-order valence-electron chi connectivity index (χ1n) is 11.2. The summed E-state index contributed by atoms with van der Waals surface area (Å²) < 4.78 is 38.7. The van der Waals surface area contributed by atoms with Gasteiger partial charge in [0.05, 0.1) is 24.4 Å². The summed E-state index contributed by atoms with van der Waals surface area (Å²) in [6, 6.07) is 8.27. The summed E-state index contributed by atoms with van der Waals surface area (Å²) in [6.45, 7) is 2.67. The van der Waals surface area contributed by atoms with Gasteiger partial charge in [-0.2, -0.15) is 8.78 Å². The fourth-order valence-electron chi connectivity index (χ4n) is 3.84. The predicted molar refractivity (Wildman–Crippen MR) is 120 cm³/mol. The van der Waals surface area contributed by atoms with Crippen molar-refractivity contribution in [2.45, 2.75) is 69.9 Å². The van der Waals surface area contributed by atoms with Crippen molar-refractivity contribution in [2.24, 2.45) is 11.8 Å². The van der Waals surface area contributed by atoms with Crippen LogP contribution in [-0.2, 0) is 9.53 Å². The molecule has 0 radical (unpaired) electrons. The zero-order valence-electron chi connectivity index (χ0n) is 19.0. The van der Waals surface area contributed by atoms with Crippen LogP contribution in [0.5, 0.6) is 5.75 Å². The van der Waals surface area contributed by atoms with Gasteiger partial charge in [0.15, 0.2) is 6.61 Å². The van der Waals surface area contributed by atoms with Crippen LogP contribution in [-0.4, -0.2) is 58.2 Å². The van der Waals surface area contributed by atoms with Crippen LogP contribution in [0, 0.1) is 11.8 Å². The fraction of sp³-hybridized carbons (Fsp3) is 0.560. The Balaban J connectivity index is 1.89. The zero-order chi connectivity index (χ0) is 24.4. The standard InChI is InChI=1S/C25H34F2O6/c1-17(2)33-24(31)11-7-6-8-18(28)14-21-20(22(29)15-23(21)30)12-13-25(26,27)16-32-19-9-4-3-5-10-19/h3-6,8-10,12-13,17-18,20-23,28-30H,7,11,14-16H2,1-2H3/b8-6+,13-12+/t18?,20-,21-,22-,23+/m1/s1. The summed E-state index contributed by atoms with van der Waals surface area (Å²) >= 11 is 0. The second kappa shape index (κ2) is 12.8. The summed E-state index contributed by atoms with van der Waals surface area (Å²) in [5.41, 5.74) is 0. The molecule has 184 valence electrons. The molecule has 0 bridgehead atoms. The van der Waals surface area contributed by atoms with Gasteiger partial charge < -0.3 is 24.8 Å². The van der Waals surface area contributed by atoms with E-state index < -0.39 is 42.7 Å². The van der Waals surface area contributed by atoms with E-state index in [4.69, 9.17) is 9.47 Å². The highest BCUT2D eigenvalue weighted by atomic mass is 19.3. The van der Waals surface area contributed by atoms with Crippen LogP contribution in [0.4, 0.5) is 8.78 Å². The molecule has 0 heterocycles. The Morgan fingerprint density at radius 1 is 1.21 bits per heavy atom. The SMILES string of the molecule is CC(C)OC(=O)CC/C=C/C(O)C[C@@H]1[C@@H](/C=C/C(F)(F)COc2ccccc2)[C@H](O)C[C@@H]1O. The van der Waals surface area contributed by atoms with Crippen molar-refractivity contribution in [1.29, 1.82) is 0 Å². The maximum Gasteiger partial charge on any atom is 0.306 e. The third-order valence-electron chi connectivity index (χ3n) is 5.41. The van der Waals surface area contributed by atoms with E-state index in [2.05, 4.69) is 0 Å². The van der Waals surface area contributed by atoms with Gasteiger partial charge in [-0.25, -0.2) is 0 Å². The average molecular weight is 469 g/mol. The predicted octanol–water partition coefficient (Wildman–Crippen LogP) is 3.65. The average Bonchev–Trinajstić information content (AvgIpc) is 3.01. The maximum absolute atomic E-state index is 14.3. The topological polar surface area (TPSA) is 96.2 Å². The van der Waals surface area contributed by atoms with E-state index in [1.165, 1.54) is 12.2 Å². The summed E-state index contributed by atoms with van der Waals surface area (Å²) in [4.78, 5) is 11.5. The van der Waals surface area contributed by atoms with E-state index in [0.717, 1.165) is 0 Å². The number of esters is 1. The van der Waals surface area contributed by atoms with Crippen molar-refractivity contribution in [3.63, 3.8) is 0 Å². The second-order valence-corrected chi connectivity index (χ2v) is 8.64. The molecule has 1 aromatic rings. The van der Waals surface area contributed by atoms with Crippen LogP contribution in [0.1, 0.15) is 39.5 Å². The number of aliphatic hydroxyl groups excluding tert-OH is 3. The van der Waals surface area contributed by atoms with E-state index in [1.807, 2.05) is 0 Å². The number of halogens is 2. The number of rotatable bonds is 12. The van der Waals surface area contributed by atoms with Gasteiger partial charge in [-0.3, -0.25) is 4.79 Å². The minimum atomic E-state index is -3.27. The molecular weight excluding hydrogens is 434 g/mol. The van der Waals surface area contributed by atoms with Gasteiger partial charge in [0.25, 0.3) is 5.92 Å². The maximum atomic E-state index is 14.3. The molecule has 1 unspecified atom stereocenters. The van der Waals surface area contributed by atoms with Crippen LogP contribution in [0.25, 0.3) is 0 Å². The molecule has 0 spiro atoms. The fourth-order valence-corrected chi connectivity index (χ4v) is 3.84. The van der Waals surface area contributed by atoms with E-state index in [9.17, 15) is 28.9 Å². The number of ether oxygens (including phenoxy) is 2. The lowest BCUT2D eigenvalue weighted by Gasteiger charge is -2.23. The van der Waals surface area contributed by atoms with Crippen LogP contribution in [0.3, 0.4) is 0 Å². The smallest absolute Gasteiger partial charge is 0.306 e. The molecule has 8 heteroatoms. The van der Waals surface area contributed by atoms with Crippen LogP contribution < -0.4 is 4.74 Å². The van der Waals surface area contributed by atoms with Gasteiger partial charge in [-0.1, -0.05) is 36.4 Å². The first-order valence-corrected chi connectivity index (χ1v) is 11.2. The van der Waals surface area contributed by atoms with Crippen LogP contribution in [0.2, 0.25) is 0 Å². The lowest BCUT2D eigenvalue weighted by atomic mass is 9.87. The van der Waals surface area contributed by atoms with Crippen LogP contribution in [0.15, 0.2) is 54.6 Å². The van der Waals surface area contributed by atoms with Gasteiger partial charge in [0.1, 0.15) is 5.75 Å². The third-order valence-corrected chi connectivity index (χ3v) is 5.41. The number of aliphatic hydroxyl groups is 3. The Hall–Kier alpha value is -2.29. The highest BCUT2D eigenvalue weighted by Crippen LogP contribution is 2.37. The summed E-state index contributed by atoms with van der Waals surface area (Å²) in [6.07, 6.45) is 2.69. The van der Waals surface area contributed by atoms with Gasteiger partial charge in [0, 0.05) is 18.8 Å². The normalized spacial score (nSPS) is 24.6. The summed E-state index contributed by atoms with van der Waals surface area (Å²) in [5.74, 6) is -4.59. The van der Waals surface area contributed by atoms with Crippen LogP contribution >= 0.6 is 0 Å². The first kappa shape index (κ1) is 27.0. The molecule has 1 aliphatic rings. The van der Waals surface area contributed by atoms with Crippen molar-refractivity contribution >= 4 is 5.97 Å². The molecule has 3 N–H and O–H groups in total. The van der Waals surface area contributed by atoms with Gasteiger partial charge in [0.2, 0.25) is 0 Å². The first-order chi connectivity index (χ1) is 15.6. The molecule has 0 saturated heterocycles. The number of para-hydroxylation sites is 1. The highest BCUT2D eigenvalue weighted by molar-refractivity contribution is 5.69. The second-order valence-electron chi connectivity index (χ2n) is 8.64. The number of alkyl halides is 2.